The molecule has 0 unspecified atom stereocenters. The van der Waals surface area contributed by atoms with E-state index in [0.717, 1.165) is 19.4 Å². The summed E-state index contributed by atoms with van der Waals surface area (Å²) in [6, 6.07) is 18.3. The van der Waals surface area contributed by atoms with Crippen molar-refractivity contribution in [3.8, 4) is 23.3 Å². The molecule has 196 valence electrons. The molecule has 1 atom stereocenters. The molecule has 6 rings (SSSR count). The second-order valence-electron chi connectivity index (χ2n) is 9.59. The molecule has 2 saturated heterocycles. The van der Waals surface area contributed by atoms with E-state index in [4.69, 9.17) is 10.5 Å². The maximum absolute atomic E-state index is 13.7. The van der Waals surface area contributed by atoms with Crippen LogP contribution >= 0.6 is 0 Å². The zero-order valence-corrected chi connectivity index (χ0v) is 21.0. The molecular formula is C28H26N8O3. The van der Waals surface area contributed by atoms with Crippen LogP contribution in [-0.2, 0) is 4.79 Å². The van der Waals surface area contributed by atoms with Crippen molar-refractivity contribution in [2.75, 3.05) is 25.4 Å². The number of anilines is 1. The summed E-state index contributed by atoms with van der Waals surface area (Å²) in [7, 11) is 0. The zero-order valence-electron chi connectivity index (χ0n) is 21.0. The lowest BCUT2D eigenvalue weighted by atomic mass is 10.0. The van der Waals surface area contributed by atoms with Crippen LogP contribution in [-0.4, -0.2) is 55.6 Å². The largest absolute Gasteiger partial charge is 0.457 e. The van der Waals surface area contributed by atoms with Crippen LogP contribution in [0.3, 0.4) is 0 Å². The summed E-state index contributed by atoms with van der Waals surface area (Å²) in [6.45, 7) is 1.44. The molecule has 2 aromatic heterocycles. The van der Waals surface area contributed by atoms with Gasteiger partial charge < -0.3 is 20.7 Å². The van der Waals surface area contributed by atoms with E-state index in [1.807, 2.05) is 36.4 Å². The van der Waals surface area contributed by atoms with E-state index in [9.17, 15) is 14.9 Å². The highest BCUT2D eigenvalue weighted by molar-refractivity contribution is 5.98. The molecule has 0 radical (unpaired) electrons. The minimum absolute atomic E-state index is 0.0328. The molecule has 2 fully saturated rings. The Labute approximate surface area is 223 Å². The highest BCUT2D eigenvalue weighted by Crippen LogP contribution is 2.29. The van der Waals surface area contributed by atoms with Crippen molar-refractivity contribution in [2.24, 2.45) is 0 Å². The molecule has 4 aromatic rings. The van der Waals surface area contributed by atoms with Crippen molar-refractivity contribution in [1.29, 1.82) is 5.26 Å². The quantitative estimate of drug-likeness (QED) is 0.290. The van der Waals surface area contributed by atoms with E-state index in [-0.39, 0.29) is 48.2 Å². The predicted octanol–water partition coefficient (Wildman–Crippen LogP) is 2.54. The van der Waals surface area contributed by atoms with Crippen LogP contribution in [0, 0.1) is 11.3 Å². The minimum Gasteiger partial charge on any atom is -0.457 e. The van der Waals surface area contributed by atoms with Crippen LogP contribution in [0.4, 0.5) is 5.82 Å². The number of rotatable bonds is 6. The fourth-order valence-corrected chi connectivity index (χ4v) is 5.09. The highest BCUT2D eigenvalue weighted by atomic mass is 16.5. The summed E-state index contributed by atoms with van der Waals surface area (Å²) in [5.41, 5.74) is 7.36. The smallest absolute Gasteiger partial charge is 0.335 e. The van der Waals surface area contributed by atoms with Crippen LogP contribution in [0.25, 0.3) is 16.9 Å². The van der Waals surface area contributed by atoms with Crippen LogP contribution in [0.1, 0.15) is 18.9 Å². The Morgan fingerprint density at radius 3 is 2.54 bits per heavy atom. The maximum atomic E-state index is 13.7. The van der Waals surface area contributed by atoms with E-state index >= 15 is 0 Å². The number of fused-ring (bicyclic) bond motifs is 1. The lowest BCUT2D eigenvalue weighted by Crippen LogP contribution is -2.53. The molecule has 2 aromatic carbocycles. The molecule has 39 heavy (non-hydrogen) atoms. The van der Waals surface area contributed by atoms with Gasteiger partial charge in [-0.25, -0.2) is 14.8 Å². The van der Waals surface area contributed by atoms with Crippen molar-refractivity contribution in [3.05, 3.63) is 83.1 Å². The van der Waals surface area contributed by atoms with Gasteiger partial charge in [-0.15, -0.1) is 0 Å². The third-order valence-electron chi connectivity index (χ3n) is 7.09. The third kappa shape index (κ3) is 4.51. The lowest BCUT2D eigenvalue weighted by molar-refractivity contribution is -0.132. The SMILES string of the molecule is N#C/C(=C\[C@@H]1CCCN1)C(=O)N1CC(n2c(=O)n(-c3ccc(Oc4ccccc4)cc3)c3c(N)ncnc32)C1. The summed E-state index contributed by atoms with van der Waals surface area (Å²) < 4.78 is 8.91. The number of nitrogens with one attached hydrogen (secondary N) is 1. The molecule has 3 N–H and O–H groups in total. The number of imidazole rings is 1. The highest BCUT2D eigenvalue weighted by Gasteiger charge is 2.37. The number of nitrogens with zero attached hydrogens (tertiary/aromatic N) is 6. The average molecular weight is 523 g/mol. The predicted molar refractivity (Wildman–Crippen MR) is 144 cm³/mol. The van der Waals surface area contributed by atoms with Gasteiger partial charge in [-0.05, 0) is 61.9 Å². The standard InChI is InChI=1S/C28H26N8O3/c29-14-18(13-19-5-4-12-31-19)27(37)34-15-21(16-34)36-26-24(25(30)32-17-33-26)35(28(36)38)20-8-10-23(11-9-20)39-22-6-2-1-3-7-22/h1-3,6-11,13,17,19,21,31H,4-5,12,15-16H2,(H2,30,32,33)/b18-13+/t19-/m0/s1. The van der Waals surface area contributed by atoms with E-state index < -0.39 is 0 Å². The first kappa shape index (κ1) is 24.4. The van der Waals surface area contributed by atoms with Gasteiger partial charge in [0.05, 0.1) is 11.7 Å². The molecule has 11 heteroatoms. The number of carbonyl (C=O) groups is 1. The number of ether oxygens (including phenoxy) is 1. The van der Waals surface area contributed by atoms with Gasteiger partial charge in [-0.2, -0.15) is 5.26 Å². The molecule has 2 aliphatic rings. The van der Waals surface area contributed by atoms with Crippen molar-refractivity contribution < 1.29 is 9.53 Å². The fourth-order valence-electron chi connectivity index (χ4n) is 5.09. The Kier molecular flexibility index (Phi) is 6.30. The number of amides is 1. The summed E-state index contributed by atoms with van der Waals surface area (Å²) in [6.07, 6.45) is 4.94. The molecule has 0 aliphatic carbocycles. The second kappa shape index (κ2) is 10.1. The van der Waals surface area contributed by atoms with Crippen LogP contribution in [0.5, 0.6) is 11.5 Å². The number of nitriles is 1. The molecule has 11 nitrogen and oxygen atoms in total. The molecule has 1 amide bonds. The minimum atomic E-state index is -0.336. The van der Waals surface area contributed by atoms with Gasteiger partial charge in [0.1, 0.15) is 35.0 Å². The number of hydrogen-bond donors (Lipinski definition) is 2. The second-order valence-corrected chi connectivity index (χ2v) is 9.59. The number of aromatic nitrogens is 4. The first-order valence-electron chi connectivity index (χ1n) is 12.7. The molecule has 0 bridgehead atoms. The number of para-hydroxylation sites is 1. The lowest BCUT2D eigenvalue weighted by Gasteiger charge is -2.39. The van der Waals surface area contributed by atoms with Crippen LogP contribution < -0.4 is 21.5 Å². The van der Waals surface area contributed by atoms with Gasteiger partial charge in [-0.1, -0.05) is 18.2 Å². The Bertz CT molecular complexity index is 1660. The number of nitrogens with two attached hydrogens (primary N) is 1. The first-order valence-corrected chi connectivity index (χ1v) is 12.7. The van der Waals surface area contributed by atoms with Crippen LogP contribution in [0.15, 0.2) is 77.4 Å². The van der Waals surface area contributed by atoms with Gasteiger partial charge in [0, 0.05) is 19.1 Å². The summed E-state index contributed by atoms with van der Waals surface area (Å²) in [4.78, 5) is 36.8. The average Bonchev–Trinajstić information content (AvgIpc) is 3.54. The number of likely N-dealkylation sites (tertiary alicyclic amines) is 1. The number of benzene rings is 2. The van der Waals surface area contributed by atoms with Gasteiger partial charge in [0.15, 0.2) is 11.5 Å². The van der Waals surface area contributed by atoms with Crippen LogP contribution in [0.2, 0.25) is 0 Å². The number of carbonyl (C=O) groups excluding carboxylic acids is 1. The van der Waals surface area contributed by atoms with Crippen molar-refractivity contribution in [3.63, 3.8) is 0 Å². The third-order valence-corrected chi connectivity index (χ3v) is 7.09. The molecule has 4 heterocycles. The normalized spacial score (nSPS) is 17.7. The Morgan fingerprint density at radius 2 is 1.85 bits per heavy atom. The van der Waals surface area contributed by atoms with Crippen molar-refractivity contribution >= 4 is 22.9 Å². The summed E-state index contributed by atoms with van der Waals surface area (Å²) >= 11 is 0. The topological polar surface area (TPSA) is 144 Å². The molecule has 2 aliphatic heterocycles. The van der Waals surface area contributed by atoms with E-state index in [1.54, 1.807) is 39.8 Å². The first-order chi connectivity index (χ1) is 19.0. The van der Waals surface area contributed by atoms with Crippen molar-refractivity contribution in [1.82, 2.24) is 29.3 Å². The monoisotopic (exact) mass is 522 g/mol. The van der Waals surface area contributed by atoms with E-state index in [1.165, 1.54) is 10.9 Å². The molecular weight excluding hydrogens is 496 g/mol. The van der Waals surface area contributed by atoms with E-state index in [0.29, 0.717) is 28.4 Å². The number of nitrogen functional groups attached to an aromatic ring is 1. The maximum Gasteiger partial charge on any atom is 0.335 e. The van der Waals surface area contributed by atoms with Gasteiger partial charge in [0.2, 0.25) is 0 Å². The number of hydrogen-bond acceptors (Lipinski definition) is 8. The summed E-state index contributed by atoms with van der Waals surface area (Å²) in [5, 5.41) is 12.8. The van der Waals surface area contributed by atoms with Crippen molar-refractivity contribution in [2.45, 2.75) is 24.9 Å². The van der Waals surface area contributed by atoms with Gasteiger partial charge in [-0.3, -0.25) is 13.9 Å². The van der Waals surface area contributed by atoms with Gasteiger partial charge >= 0.3 is 5.69 Å². The zero-order chi connectivity index (χ0) is 26.9. The molecule has 0 saturated carbocycles. The summed E-state index contributed by atoms with van der Waals surface area (Å²) in [5.74, 6) is 1.16. The molecule has 0 spiro atoms. The Morgan fingerprint density at radius 1 is 1.10 bits per heavy atom. The van der Waals surface area contributed by atoms with E-state index in [2.05, 4.69) is 15.3 Å². The Balaban J connectivity index is 1.28. The Hall–Kier alpha value is -4.95. The fraction of sp³-hybridized carbons (Fsp3) is 0.250. The van der Waals surface area contributed by atoms with Gasteiger partial charge in [0.25, 0.3) is 5.91 Å².